The molecule has 2 saturated heterocycles. The minimum Gasteiger partial charge on any atom is -0.394 e. The summed E-state index contributed by atoms with van der Waals surface area (Å²) in [5.74, 6) is -0.291. The fourth-order valence-corrected chi connectivity index (χ4v) is 4.56. The van der Waals surface area contributed by atoms with Crippen molar-refractivity contribution in [2.45, 2.75) is 106 Å². The molecule has 15 atom stereocenters. The average molecular weight is 468 g/mol. The zero-order valence-corrected chi connectivity index (χ0v) is 18.1. The van der Waals surface area contributed by atoms with E-state index in [1.54, 1.807) is 13.8 Å². The molecule has 0 aromatic carbocycles. The third-order valence-electron chi connectivity index (χ3n) is 6.60. The molecule has 0 bridgehead atoms. The molecule has 3 aliphatic rings. The van der Waals surface area contributed by atoms with Gasteiger partial charge in [0.05, 0.1) is 18.8 Å². The molecular weight excluding hydrogens is 430 g/mol. The van der Waals surface area contributed by atoms with Crippen LogP contribution in [0.25, 0.3) is 0 Å². The number of hydrogen-bond acceptors (Lipinski definition) is 13. The smallest absolute Gasteiger partial charge is 0.187 e. The summed E-state index contributed by atoms with van der Waals surface area (Å²) in [4.78, 5) is 0. The van der Waals surface area contributed by atoms with E-state index in [1.165, 1.54) is 0 Å². The van der Waals surface area contributed by atoms with Crippen molar-refractivity contribution in [3.63, 3.8) is 0 Å². The van der Waals surface area contributed by atoms with Crippen LogP contribution in [0.5, 0.6) is 0 Å². The minimum atomic E-state index is -1.43. The predicted octanol–water partition coefficient (Wildman–Crippen LogP) is -4.95. The fourth-order valence-electron chi connectivity index (χ4n) is 4.56. The maximum atomic E-state index is 10.8. The molecule has 2 aliphatic heterocycles. The Hall–Kier alpha value is -0.520. The van der Waals surface area contributed by atoms with Gasteiger partial charge < -0.3 is 66.8 Å². The molecule has 32 heavy (non-hydrogen) atoms. The lowest BCUT2D eigenvalue weighted by atomic mass is 9.80. The number of nitrogens with two attached hydrogens (primary N) is 3. The Bertz CT molecular complexity index is 616. The van der Waals surface area contributed by atoms with Crippen molar-refractivity contribution in [2.75, 3.05) is 6.61 Å². The van der Waals surface area contributed by atoms with Gasteiger partial charge in [0.25, 0.3) is 0 Å². The van der Waals surface area contributed by atoms with Crippen molar-refractivity contribution in [2.24, 2.45) is 23.1 Å². The second-order valence-electron chi connectivity index (χ2n) is 9.16. The molecule has 3 rings (SSSR count). The Balaban J connectivity index is 1.78. The Kier molecular flexibility index (Phi) is 8.48. The van der Waals surface area contributed by atoms with Crippen molar-refractivity contribution < 1.29 is 49.6 Å². The van der Waals surface area contributed by atoms with Gasteiger partial charge in [-0.3, -0.25) is 0 Å². The van der Waals surface area contributed by atoms with Crippen LogP contribution in [0.15, 0.2) is 0 Å². The molecule has 0 aromatic heterocycles. The first-order valence-electron chi connectivity index (χ1n) is 10.9. The Morgan fingerprint density at radius 1 is 0.875 bits per heavy atom. The highest BCUT2D eigenvalue weighted by atomic mass is 16.7. The van der Waals surface area contributed by atoms with Crippen LogP contribution in [-0.4, -0.2) is 123 Å². The molecule has 12 N–H and O–H groups in total. The Morgan fingerprint density at radius 3 is 2.06 bits per heavy atom. The summed E-state index contributed by atoms with van der Waals surface area (Å²) < 4.78 is 22.9. The molecular formula is C19H37N3O10. The van der Waals surface area contributed by atoms with Gasteiger partial charge in [0, 0.05) is 12.1 Å². The van der Waals surface area contributed by atoms with Crippen LogP contribution in [-0.2, 0) is 18.9 Å². The second kappa shape index (κ2) is 10.4. The van der Waals surface area contributed by atoms with E-state index in [-0.39, 0.29) is 5.92 Å². The summed E-state index contributed by atoms with van der Waals surface area (Å²) in [5.41, 5.74) is 18.0. The van der Waals surface area contributed by atoms with Gasteiger partial charge in [-0.2, -0.15) is 0 Å². The third kappa shape index (κ3) is 4.95. The lowest BCUT2D eigenvalue weighted by molar-refractivity contribution is -0.312. The maximum absolute atomic E-state index is 10.8. The molecule has 0 spiro atoms. The van der Waals surface area contributed by atoms with Gasteiger partial charge in [-0.15, -0.1) is 0 Å². The van der Waals surface area contributed by atoms with E-state index < -0.39 is 92.2 Å². The molecule has 13 nitrogen and oxygen atoms in total. The van der Waals surface area contributed by atoms with Gasteiger partial charge in [-0.05, 0) is 19.3 Å². The van der Waals surface area contributed by atoms with E-state index in [1.807, 2.05) is 0 Å². The summed E-state index contributed by atoms with van der Waals surface area (Å²) in [5, 5.41) is 61.0. The fraction of sp³-hybridized carbons (Fsp3) is 1.00. The van der Waals surface area contributed by atoms with E-state index in [0.29, 0.717) is 6.42 Å². The summed E-state index contributed by atoms with van der Waals surface area (Å²) in [7, 11) is 0. The molecule has 0 radical (unpaired) electrons. The van der Waals surface area contributed by atoms with Gasteiger partial charge in [-0.25, -0.2) is 0 Å². The van der Waals surface area contributed by atoms with Crippen LogP contribution in [0.2, 0.25) is 0 Å². The highest BCUT2D eigenvalue weighted by Gasteiger charge is 2.52. The van der Waals surface area contributed by atoms with E-state index in [9.17, 15) is 30.6 Å². The van der Waals surface area contributed by atoms with Gasteiger partial charge >= 0.3 is 0 Å². The highest BCUT2D eigenvalue weighted by molar-refractivity contribution is 4.99. The normalized spacial score (nSPS) is 53.3. The van der Waals surface area contributed by atoms with Gasteiger partial charge in [0.1, 0.15) is 48.8 Å². The molecule has 5 unspecified atom stereocenters. The molecule has 1 aliphatic carbocycles. The zero-order valence-electron chi connectivity index (χ0n) is 18.1. The van der Waals surface area contributed by atoms with Gasteiger partial charge in [-0.1, -0.05) is 6.92 Å². The topological polar surface area (TPSA) is 236 Å². The quantitative estimate of drug-likeness (QED) is 0.178. The van der Waals surface area contributed by atoms with Crippen molar-refractivity contribution >= 4 is 0 Å². The van der Waals surface area contributed by atoms with Crippen molar-refractivity contribution in [3.05, 3.63) is 0 Å². The molecule has 0 amide bonds. The van der Waals surface area contributed by atoms with Crippen molar-refractivity contribution in [3.8, 4) is 0 Å². The monoisotopic (exact) mass is 467 g/mol. The summed E-state index contributed by atoms with van der Waals surface area (Å²) in [6, 6.07) is -2.41. The summed E-state index contributed by atoms with van der Waals surface area (Å²) in [6.07, 6.45) is -13.0. The number of ether oxygens (including phenoxy) is 4. The largest absolute Gasteiger partial charge is 0.394 e. The van der Waals surface area contributed by atoms with Crippen LogP contribution >= 0.6 is 0 Å². The molecule has 1 saturated carbocycles. The first-order valence-corrected chi connectivity index (χ1v) is 10.9. The van der Waals surface area contributed by atoms with E-state index >= 15 is 0 Å². The molecule has 13 heteroatoms. The van der Waals surface area contributed by atoms with Gasteiger partial charge in [0.15, 0.2) is 12.6 Å². The minimum absolute atomic E-state index is 0.291. The number of rotatable bonds is 6. The van der Waals surface area contributed by atoms with E-state index in [0.717, 1.165) is 0 Å². The van der Waals surface area contributed by atoms with Crippen LogP contribution in [0, 0.1) is 5.92 Å². The van der Waals surface area contributed by atoms with Crippen LogP contribution < -0.4 is 17.2 Å². The third-order valence-corrected chi connectivity index (χ3v) is 6.60. The van der Waals surface area contributed by atoms with Crippen LogP contribution in [0.1, 0.15) is 20.3 Å². The first kappa shape index (κ1) is 26.1. The Labute approximate surface area is 186 Å². The number of aliphatic hydroxyl groups is 6. The molecule has 3 fully saturated rings. The highest BCUT2D eigenvalue weighted by Crippen LogP contribution is 2.34. The van der Waals surface area contributed by atoms with Crippen molar-refractivity contribution in [1.29, 1.82) is 0 Å². The lowest BCUT2D eigenvalue weighted by Gasteiger charge is -2.47. The number of hydrogen-bond donors (Lipinski definition) is 9. The Morgan fingerprint density at radius 2 is 1.50 bits per heavy atom. The second-order valence-corrected chi connectivity index (χ2v) is 9.16. The van der Waals surface area contributed by atoms with E-state index in [4.69, 9.17) is 36.1 Å². The van der Waals surface area contributed by atoms with Crippen molar-refractivity contribution in [1.82, 2.24) is 0 Å². The maximum Gasteiger partial charge on any atom is 0.187 e. The molecule has 2 heterocycles. The van der Waals surface area contributed by atoms with E-state index in [2.05, 4.69) is 0 Å². The summed E-state index contributed by atoms with van der Waals surface area (Å²) >= 11 is 0. The van der Waals surface area contributed by atoms with Crippen LogP contribution in [0.3, 0.4) is 0 Å². The average Bonchev–Trinajstić information content (AvgIpc) is 3.03. The molecule has 188 valence electrons. The van der Waals surface area contributed by atoms with Gasteiger partial charge in [0.2, 0.25) is 0 Å². The zero-order chi connectivity index (χ0) is 23.9. The number of aliphatic hydroxyl groups excluding tert-OH is 6. The SMILES string of the molecule is C[C@@H]1CC(N)[C@@H](O[C@H]2OC(CO)[C@@H](O)[C@H](O)C2N)[C@H](O[C@@H]2O[C@H]([C@H](C)N)[C@H](O)C2O)C1O. The lowest BCUT2D eigenvalue weighted by Crippen LogP contribution is -2.66. The summed E-state index contributed by atoms with van der Waals surface area (Å²) in [6.45, 7) is 2.80. The predicted molar refractivity (Wildman–Crippen MR) is 108 cm³/mol. The van der Waals surface area contributed by atoms with Crippen LogP contribution in [0.4, 0.5) is 0 Å². The first-order chi connectivity index (χ1) is 15.0. The standard InChI is InChI=1S/C19H37N3O10/c1-5-3-7(21)16(31-18-9(22)12(26)11(25)8(4-23)29-18)17(10(5)24)32-19-14(28)13(27)15(30-19)6(2)20/h5-19,23-28H,3-4,20-22H2,1-2H3/t5-,6+,7?,8?,9?,10?,11-,12-,13-,14?,15-,16-,17-,18-,19+/m1/s1. The molecule has 0 aromatic rings.